The summed E-state index contributed by atoms with van der Waals surface area (Å²) in [6, 6.07) is 21.5. The average molecular weight is 402 g/mol. The fraction of sp³-hybridized carbons (Fsp3) is 0.423. The van der Waals surface area contributed by atoms with E-state index in [1.165, 1.54) is 35.0 Å². The first kappa shape index (κ1) is 19.4. The fourth-order valence-electron chi connectivity index (χ4n) is 5.26. The lowest BCUT2D eigenvalue weighted by Gasteiger charge is -2.38. The summed E-state index contributed by atoms with van der Waals surface area (Å²) >= 11 is 0. The number of likely N-dealkylation sites (tertiary alicyclic amines) is 1. The van der Waals surface area contributed by atoms with Crippen LogP contribution in [-0.4, -0.2) is 46.0 Å². The molecule has 3 aromatic rings. The SMILES string of the molecule is CC(C(=O)N1CCn2c(cc3ccccc32)C1)N1CCC(Cc2ccccc2)CC1. The van der Waals surface area contributed by atoms with Gasteiger partial charge in [0, 0.05) is 24.3 Å². The van der Waals surface area contributed by atoms with Crippen LogP contribution in [0.5, 0.6) is 0 Å². The first-order chi connectivity index (χ1) is 14.7. The van der Waals surface area contributed by atoms with E-state index >= 15 is 0 Å². The molecule has 1 amide bonds. The summed E-state index contributed by atoms with van der Waals surface area (Å²) in [6.07, 6.45) is 3.52. The maximum atomic E-state index is 13.3. The van der Waals surface area contributed by atoms with Crippen LogP contribution in [0.15, 0.2) is 60.7 Å². The van der Waals surface area contributed by atoms with Gasteiger partial charge >= 0.3 is 0 Å². The normalized spacial score (nSPS) is 19.0. The molecule has 156 valence electrons. The summed E-state index contributed by atoms with van der Waals surface area (Å²) in [5, 5.41) is 1.27. The lowest BCUT2D eigenvalue weighted by Crippen LogP contribution is -2.51. The third kappa shape index (κ3) is 3.77. The molecular weight excluding hydrogens is 370 g/mol. The van der Waals surface area contributed by atoms with Gasteiger partial charge < -0.3 is 9.47 Å². The topological polar surface area (TPSA) is 28.5 Å². The van der Waals surface area contributed by atoms with Crippen molar-refractivity contribution < 1.29 is 4.79 Å². The van der Waals surface area contributed by atoms with E-state index in [0.717, 1.165) is 45.1 Å². The van der Waals surface area contributed by atoms with Crippen molar-refractivity contribution in [3.05, 3.63) is 71.9 Å². The van der Waals surface area contributed by atoms with Gasteiger partial charge in [-0.05, 0) is 68.3 Å². The Labute approximate surface area is 179 Å². The summed E-state index contributed by atoms with van der Waals surface area (Å²) < 4.78 is 2.37. The van der Waals surface area contributed by atoms with Gasteiger partial charge in [0.2, 0.25) is 5.91 Å². The number of hydrogen-bond donors (Lipinski definition) is 0. The predicted octanol–water partition coefficient (Wildman–Crippen LogP) is 4.33. The number of fused-ring (bicyclic) bond motifs is 3. The van der Waals surface area contributed by atoms with Crippen molar-refractivity contribution in [2.45, 2.75) is 45.3 Å². The molecule has 0 spiro atoms. The Balaban J connectivity index is 1.19. The second kappa shape index (κ2) is 8.27. The summed E-state index contributed by atoms with van der Waals surface area (Å²) in [6.45, 7) is 6.57. The molecule has 1 aromatic heterocycles. The zero-order chi connectivity index (χ0) is 20.5. The Morgan fingerprint density at radius 1 is 0.967 bits per heavy atom. The minimum absolute atomic E-state index is 0.0291. The van der Waals surface area contributed by atoms with Crippen molar-refractivity contribution in [1.82, 2.24) is 14.4 Å². The van der Waals surface area contributed by atoms with Crippen LogP contribution in [0.1, 0.15) is 31.0 Å². The third-order valence-electron chi connectivity index (χ3n) is 7.08. The average Bonchev–Trinajstić information content (AvgIpc) is 3.17. The highest BCUT2D eigenvalue weighted by Gasteiger charge is 2.31. The van der Waals surface area contributed by atoms with Crippen molar-refractivity contribution in [2.24, 2.45) is 5.92 Å². The van der Waals surface area contributed by atoms with Crippen LogP contribution < -0.4 is 0 Å². The molecule has 4 heteroatoms. The second-order valence-electron chi connectivity index (χ2n) is 8.95. The molecule has 2 aliphatic heterocycles. The molecule has 0 aliphatic carbocycles. The predicted molar refractivity (Wildman–Crippen MR) is 121 cm³/mol. The van der Waals surface area contributed by atoms with Crippen LogP contribution in [0.25, 0.3) is 10.9 Å². The minimum atomic E-state index is -0.0291. The van der Waals surface area contributed by atoms with Gasteiger partial charge in [-0.2, -0.15) is 0 Å². The number of carbonyl (C=O) groups is 1. The molecule has 1 unspecified atom stereocenters. The molecule has 3 heterocycles. The molecule has 0 bridgehead atoms. The van der Waals surface area contributed by atoms with Crippen molar-refractivity contribution >= 4 is 16.8 Å². The Kier molecular flexibility index (Phi) is 5.34. The van der Waals surface area contributed by atoms with E-state index in [0.29, 0.717) is 0 Å². The maximum Gasteiger partial charge on any atom is 0.240 e. The summed E-state index contributed by atoms with van der Waals surface area (Å²) in [4.78, 5) is 17.7. The highest BCUT2D eigenvalue weighted by atomic mass is 16.2. The zero-order valence-corrected chi connectivity index (χ0v) is 17.8. The van der Waals surface area contributed by atoms with Crippen LogP contribution in [0.2, 0.25) is 0 Å². The minimum Gasteiger partial charge on any atom is -0.341 e. The number of piperidine rings is 1. The van der Waals surface area contributed by atoms with Gasteiger partial charge in [0.1, 0.15) is 0 Å². The summed E-state index contributed by atoms with van der Waals surface area (Å²) in [5.74, 6) is 1.02. The first-order valence-electron chi connectivity index (χ1n) is 11.3. The smallest absolute Gasteiger partial charge is 0.240 e. The van der Waals surface area contributed by atoms with E-state index in [9.17, 15) is 4.79 Å². The molecule has 0 saturated carbocycles. The van der Waals surface area contributed by atoms with Gasteiger partial charge in [0.25, 0.3) is 0 Å². The van der Waals surface area contributed by atoms with E-state index in [4.69, 9.17) is 0 Å². The molecule has 1 fully saturated rings. The monoisotopic (exact) mass is 401 g/mol. The largest absolute Gasteiger partial charge is 0.341 e. The van der Waals surface area contributed by atoms with Crippen LogP contribution in [-0.2, 0) is 24.3 Å². The van der Waals surface area contributed by atoms with E-state index in [1.807, 2.05) is 0 Å². The molecule has 2 aliphatic rings. The molecule has 0 N–H and O–H groups in total. The van der Waals surface area contributed by atoms with E-state index < -0.39 is 0 Å². The zero-order valence-electron chi connectivity index (χ0n) is 17.8. The van der Waals surface area contributed by atoms with Gasteiger partial charge in [0.15, 0.2) is 0 Å². The van der Waals surface area contributed by atoms with Gasteiger partial charge in [-0.15, -0.1) is 0 Å². The van der Waals surface area contributed by atoms with Crippen LogP contribution >= 0.6 is 0 Å². The van der Waals surface area contributed by atoms with Crippen LogP contribution in [0.3, 0.4) is 0 Å². The van der Waals surface area contributed by atoms with Crippen molar-refractivity contribution in [3.8, 4) is 0 Å². The van der Waals surface area contributed by atoms with Gasteiger partial charge in [-0.25, -0.2) is 0 Å². The Hall–Kier alpha value is -2.59. The quantitative estimate of drug-likeness (QED) is 0.651. The molecular formula is C26H31N3O. The molecule has 0 radical (unpaired) electrons. The highest BCUT2D eigenvalue weighted by Crippen LogP contribution is 2.26. The summed E-state index contributed by atoms with van der Waals surface area (Å²) in [5.41, 5.74) is 3.97. The van der Waals surface area contributed by atoms with Crippen molar-refractivity contribution in [2.75, 3.05) is 19.6 Å². The number of nitrogens with zero attached hydrogens (tertiary/aromatic N) is 3. The molecule has 1 atom stereocenters. The Morgan fingerprint density at radius 2 is 1.70 bits per heavy atom. The first-order valence-corrected chi connectivity index (χ1v) is 11.3. The number of amides is 1. The van der Waals surface area contributed by atoms with E-state index in [2.05, 4.69) is 82.0 Å². The molecule has 30 heavy (non-hydrogen) atoms. The number of hydrogen-bond acceptors (Lipinski definition) is 2. The van der Waals surface area contributed by atoms with Crippen LogP contribution in [0, 0.1) is 5.92 Å². The van der Waals surface area contributed by atoms with Crippen molar-refractivity contribution in [1.29, 1.82) is 0 Å². The number of carbonyl (C=O) groups excluding carboxylic acids is 1. The number of benzene rings is 2. The lowest BCUT2D eigenvalue weighted by atomic mass is 9.89. The summed E-state index contributed by atoms with van der Waals surface area (Å²) in [7, 11) is 0. The molecule has 1 saturated heterocycles. The van der Waals surface area contributed by atoms with E-state index in [1.54, 1.807) is 0 Å². The van der Waals surface area contributed by atoms with E-state index in [-0.39, 0.29) is 11.9 Å². The van der Waals surface area contributed by atoms with Crippen molar-refractivity contribution in [3.63, 3.8) is 0 Å². The maximum absolute atomic E-state index is 13.3. The molecule has 2 aromatic carbocycles. The van der Waals surface area contributed by atoms with Crippen LogP contribution in [0.4, 0.5) is 0 Å². The third-order valence-corrected chi connectivity index (χ3v) is 7.08. The number of aromatic nitrogens is 1. The standard InChI is InChI=1S/C26H31N3O/c1-20(27-13-11-22(12-14-27)17-21-7-3-2-4-8-21)26(30)28-15-16-29-24(19-28)18-23-9-5-6-10-25(23)29/h2-10,18,20,22H,11-17,19H2,1H3. The number of para-hydroxylation sites is 1. The van der Waals surface area contributed by atoms with Gasteiger partial charge in [0.05, 0.1) is 12.6 Å². The molecule has 5 rings (SSSR count). The fourth-order valence-corrected chi connectivity index (χ4v) is 5.26. The highest BCUT2D eigenvalue weighted by molar-refractivity contribution is 5.84. The van der Waals surface area contributed by atoms with Gasteiger partial charge in [-0.1, -0.05) is 48.5 Å². The Bertz CT molecular complexity index is 1020. The number of rotatable bonds is 4. The van der Waals surface area contributed by atoms with Gasteiger partial charge in [-0.3, -0.25) is 9.69 Å². The lowest BCUT2D eigenvalue weighted by molar-refractivity contribution is -0.138. The molecule has 4 nitrogen and oxygen atoms in total. The Morgan fingerprint density at radius 3 is 2.50 bits per heavy atom. The second-order valence-corrected chi connectivity index (χ2v) is 8.95.